The Labute approximate surface area is 147 Å². The highest BCUT2D eigenvalue weighted by Crippen LogP contribution is 2.22. The van der Waals surface area contributed by atoms with Crippen LogP contribution in [-0.2, 0) is 16.1 Å². The van der Waals surface area contributed by atoms with Crippen molar-refractivity contribution in [2.75, 3.05) is 20.7 Å². The van der Waals surface area contributed by atoms with Crippen LogP contribution in [0, 0.1) is 0 Å². The van der Waals surface area contributed by atoms with Gasteiger partial charge >= 0.3 is 6.09 Å². The minimum Gasteiger partial charge on any atom is -0.453 e. The van der Waals surface area contributed by atoms with E-state index in [9.17, 15) is 9.59 Å². The van der Waals surface area contributed by atoms with Crippen LogP contribution in [0.15, 0.2) is 36.5 Å². The average Bonchev–Trinajstić information content (AvgIpc) is 2.67. The molecule has 0 spiro atoms. The van der Waals surface area contributed by atoms with E-state index < -0.39 is 12.1 Å². The molecule has 0 radical (unpaired) electrons. The molecule has 1 aliphatic rings. The number of aromatic nitrogens is 1. The van der Waals surface area contributed by atoms with Crippen LogP contribution in [0.1, 0.15) is 24.8 Å². The van der Waals surface area contributed by atoms with Gasteiger partial charge in [0, 0.05) is 31.7 Å². The van der Waals surface area contributed by atoms with Gasteiger partial charge in [0.15, 0.2) is 0 Å². The van der Waals surface area contributed by atoms with E-state index in [4.69, 9.17) is 4.74 Å². The van der Waals surface area contributed by atoms with Gasteiger partial charge in [0.1, 0.15) is 6.04 Å². The molecule has 1 aromatic heterocycles. The molecule has 2 amide bonds. The number of nitrogens with zero attached hydrogens (tertiary/aromatic N) is 3. The van der Waals surface area contributed by atoms with E-state index in [1.165, 1.54) is 7.11 Å². The molecule has 6 heteroatoms. The molecule has 25 heavy (non-hydrogen) atoms. The fraction of sp³-hybridized carbons (Fsp3) is 0.421. The number of hydrogen-bond acceptors (Lipinski definition) is 4. The number of likely N-dealkylation sites (N-methyl/N-ethyl adjacent to an activating group) is 1. The first-order valence-corrected chi connectivity index (χ1v) is 8.54. The number of hydrogen-bond donors (Lipinski definition) is 0. The van der Waals surface area contributed by atoms with Crippen molar-refractivity contribution >= 4 is 22.9 Å². The zero-order chi connectivity index (χ0) is 17.8. The minimum atomic E-state index is -0.450. The Kier molecular flexibility index (Phi) is 5.16. The Bertz CT molecular complexity index is 772. The Hall–Kier alpha value is -2.63. The van der Waals surface area contributed by atoms with Crippen molar-refractivity contribution in [3.05, 3.63) is 42.1 Å². The Morgan fingerprint density at radius 1 is 1.28 bits per heavy atom. The number of carbonyl (C=O) groups excluding carboxylic acids is 2. The predicted octanol–water partition coefficient (Wildman–Crippen LogP) is 2.81. The molecule has 0 N–H and O–H groups in total. The van der Waals surface area contributed by atoms with Crippen LogP contribution in [0.5, 0.6) is 0 Å². The fourth-order valence-corrected chi connectivity index (χ4v) is 3.41. The first-order chi connectivity index (χ1) is 12.1. The summed E-state index contributed by atoms with van der Waals surface area (Å²) < 4.78 is 4.83. The van der Waals surface area contributed by atoms with Gasteiger partial charge in [-0.3, -0.25) is 14.7 Å². The van der Waals surface area contributed by atoms with E-state index in [1.807, 2.05) is 30.3 Å². The largest absolute Gasteiger partial charge is 0.453 e. The summed E-state index contributed by atoms with van der Waals surface area (Å²) in [7, 11) is 3.12. The number of benzene rings is 1. The summed E-state index contributed by atoms with van der Waals surface area (Å²) >= 11 is 0. The minimum absolute atomic E-state index is 0.0574. The van der Waals surface area contributed by atoms with Crippen LogP contribution in [0.4, 0.5) is 4.79 Å². The van der Waals surface area contributed by atoms with Crippen LogP contribution in [0.25, 0.3) is 10.9 Å². The number of carbonyl (C=O) groups is 2. The molecule has 1 aliphatic heterocycles. The van der Waals surface area contributed by atoms with Gasteiger partial charge in [-0.05, 0) is 30.9 Å². The number of rotatable bonds is 3. The summed E-state index contributed by atoms with van der Waals surface area (Å²) in [5.74, 6) is -0.0574. The number of fused-ring (bicyclic) bond motifs is 1. The van der Waals surface area contributed by atoms with Gasteiger partial charge in [-0.15, -0.1) is 0 Å². The lowest BCUT2D eigenvalue weighted by molar-refractivity contribution is -0.136. The molecule has 1 atom stereocenters. The lowest BCUT2D eigenvalue weighted by atomic mass is 10.0. The maximum Gasteiger partial charge on any atom is 0.410 e. The number of ether oxygens (including phenoxy) is 1. The number of para-hydroxylation sites is 1. The normalized spacial score (nSPS) is 17.4. The first-order valence-electron chi connectivity index (χ1n) is 8.54. The average molecular weight is 341 g/mol. The van der Waals surface area contributed by atoms with Gasteiger partial charge in [0.25, 0.3) is 0 Å². The standard InChI is InChI=1S/C19H23N3O3/c1-21(13-15-8-5-7-14-9-6-11-20-17(14)15)18(23)16-10-3-4-12-22(16)19(24)25-2/h5-9,11,16H,3-4,10,12-13H2,1-2H3/t16-/m1/s1. The van der Waals surface area contributed by atoms with Gasteiger partial charge < -0.3 is 9.64 Å². The third kappa shape index (κ3) is 3.57. The Morgan fingerprint density at radius 3 is 2.88 bits per heavy atom. The van der Waals surface area contributed by atoms with Crippen molar-refractivity contribution in [1.29, 1.82) is 0 Å². The molecule has 2 aromatic rings. The zero-order valence-corrected chi connectivity index (χ0v) is 14.6. The van der Waals surface area contributed by atoms with Crippen molar-refractivity contribution in [3.8, 4) is 0 Å². The van der Waals surface area contributed by atoms with Crippen LogP contribution >= 0.6 is 0 Å². The molecule has 2 heterocycles. The summed E-state index contributed by atoms with van der Waals surface area (Å²) in [5.41, 5.74) is 1.90. The molecule has 132 valence electrons. The lowest BCUT2D eigenvalue weighted by Crippen LogP contribution is -2.52. The number of pyridine rings is 1. The smallest absolute Gasteiger partial charge is 0.410 e. The third-order valence-corrected chi connectivity index (χ3v) is 4.70. The third-order valence-electron chi connectivity index (χ3n) is 4.70. The monoisotopic (exact) mass is 341 g/mol. The fourth-order valence-electron chi connectivity index (χ4n) is 3.41. The Balaban J connectivity index is 1.78. The maximum absolute atomic E-state index is 12.9. The van der Waals surface area contributed by atoms with Crippen LogP contribution < -0.4 is 0 Å². The Morgan fingerprint density at radius 2 is 2.08 bits per heavy atom. The summed E-state index contributed by atoms with van der Waals surface area (Å²) in [5, 5.41) is 1.05. The highest BCUT2D eigenvalue weighted by atomic mass is 16.5. The molecule has 1 aromatic carbocycles. The number of methoxy groups -OCH3 is 1. The molecule has 1 fully saturated rings. The molecular weight excluding hydrogens is 318 g/mol. The summed E-state index contributed by atoms with van der Waals surface area (Å²) in [6.07, 6.45) is 3.83. The van der Waals surface area contributed by atoms with E-state index in [-0.39, 0.29) is 5.91 Å². The van der Waals surface area contributed by atoms with Gasteiger partial charge in [-0.2, -0.15) is 0 Å². The van der Waals surface area contributed by atoms with E-state index in [1.54, 1.807) is 23.0 Å². The topological polar surface area (TPSA) is 62.7 Å². The molecule has 0 unspecified atom stereocenters. The predicted molar refractivity (Wildman–Crippen MR) is 95.0 cm³/mol. The zero-order valence-electron chi connectivity index (χ0n) is 14.6. The molecule has 0 aliphatic carbocycles. The van der Waals surface area contributed by atoms with Crippen LogP contribution in [-0.4, -0.2) is 53.5 Å². The molecule has 1 saturated heterocycles. The van der Waals surface area contributed by atoms with Crippen molar-refractivity contribution in [3.63, 3.8) is 0 Å². The van der Waals surface area contributed by atoms with Gasteiger partial charge in [0.05, 0.1) is 12.6 Å². The molecule has 0 saturated carbocycles. The van der Waals surface area contributed by atoms with E-state index in [0.29, 0.717) is 19.5 Å². The maximum atomic E-state index is 12.9. The van der Waals surface area contributed by atoms with E-state index >= 15 is 0 Å². The lowest BCUT2D eigenvalue weighted by Gasteiger charge is -2.35. The quantitative estimate of drug-likeness (QED) is 0.861. The molecular formula is C19H23N3O3. The summed E-state index contributed by atoms with van der Waals surface area (Å²) in [6, 6.07) is 9.42. The van der Waals surface area contributed by atoms with Crippen LogP contribution in [0.2, 0.25) is 0 Å². The highest BCUT2D eigenvalue weighted by molar-refractivity contribution is 5.86. The van der Waals surface area contributed by atoms with Gasteiger partial charge in [0.2, 0.25) is 5.91 Å². The summed E-state index contributed by atoms with van der Waals surface area (Å²) in [6.45, 7) is 1.02. The second-order valence-electron chi connectivity index (χ2n) is 6.36. The van der Waals surface area contributed by atoms with Crippen molar-refractivity contribution in [2.24, 2.45) is 0 Å². The number of amides is 2. The van der Waals surface area contributed by atoms with E-state index in [2.05, 4.69) is 4.98 Å². The molecule has 0 bridgehead atoms. The SMILES string of the molecule is COC(=O)N1CCCC[C@@H]1C(=O)N(C)Cc1cccc2cccnc12. The van der Waals surface area contributed by atoms with Gasteiger partial charge in [-0.25, -0.2) is 4.79 Å². The van der Waals surface area contributed by atoms with Crippen molar-refractivity contribution in [1.82, 2.24) is 14.8 Å². The van der Waals surface area contributed by atoms with Crippen molar-refractivity contribution in [2.45, 2.75) is 31.8 Å². The first kappa shape index (κ1) is 17.2. The highest BCUT2D eigenvalue weighted by Gasteiger charge is 2.34. The van der Waals surface area contributed by atoms with Gasteiger partial charge in [-0.1, -0.05) is 24.3 Å². The van der Waals surface area contributed by atoms with E-state index in [0.717, 1.165) is 29.3 Å². The van der Waals surface area contributed by atoms with Crippen LogP contribution in [0.3, 0.4) is 0 Å². The second kappa shape index (κ2) is 7.51. The second-order valence-corrected chi connectivity index (χ2v) is 6.36. The van der Waals surface area contributed by atoms with Crippen molar-refractivity contribution < 1.29 is 14.3 Å². The molecule has 6 nitrogen and oxygen atoms in total. The molecule has 3 rings (SSSR count). The summed E-state index contributed by atoms with van der Waals surface area (Å²) in [4.78, 5) is 32.5. The number of piperidine rings is 1. The number of likely N-dealkylation sites (tertiary alicyclic amines) is 1.